The fraction of sp³-hybridized carbons (Fsp3) is 0.200. The molecule has 7 nitrogen and oxygen atoms in total. The van der Waals surface area contributed by atoms with Crippen molar-refractivity contribution >= 4 is 23.4 Å². The normalized spacial score (nSPS) is 14.3. The van der Waals surface area contributed by atoms with E-state index in [2.05, 4.69) is 25.6 Å². The highest BCUT2D eigenvalue weighted by Gasteiger charge is 2.30. The van der Waals surface area contributed by atoms with Gasteiger partial charge < -0.3 is 10.6 Å². The highest BCUT2D eigenvalue weighted by atomic mass is 19.1. The van der Waals surface area contributed by atoms with Crippen LogP contribution in [0.5, 0.6) is 0 Å². The standard InChI is InChI=1S/C20H19FN6O/c21-15-4-6-16(7-5-15)24-19(28)13-27-11-14(12-27)17-8-10-23-20(25-17)26-18-3-1-2-9-22-18/h1-10,14H,11-13H2,(H,24,28)(H,22,23,25,26). The molecule has 2 N–H and O–H groups in total. The predicted octanol–water partition coefficient (Wildman–Crippen LogP) is 2.79. The van der Waals surface area contributed by atoms with Crippen molar-refractivity contribution in [3.05, 3.63) is 72.4 Å². The number of halogens is 1. The van der Waals surface area contributed by atoms with E-state index >= 15 is 0 Å². The van der Waals surface area contributed by atoms with Gasteiger partial charge in [-0.1, -0.05) is 6.07 Å². The second-order valence-electron chi connectivity index (χ2n) is 6.59. The lowest BCUT2D eigenvalue weighted by Gasteiger charge is -2.38. The van der Waals surface area contributed by atoms with Gasteiger partial charge in [0.1, 0.15) is 11.6 Å². The molecule has 142 valence electrons. The van der Waals surface area contributed by atoms with Crippen molar-refractivity contribution in [3.63, 3.8) is 0 Å². The summed E-state index contributed by atoms with van der Waals surface area (Å²) in [7, 11) is 0. The molecule has 1 aromatic carbocycles. The van der Waals surface area contributed by atoms with Gasteiger partial charge in [-0.3, -0.25) is 9.69 Å². The third kappa shape index (κ3) is 4.47. The average Bonchev–Trinajstić information content (AvgIpc) is 2.67. The molecule has 4 rings (SSSR count). The first-order valence-electron chi connectivity index (χ1n) is 8.94. The molecule has 0 atom stereocenters. The Bertz CT molecular complexity index is 944. The van der Waals surface area contributed by atoms with Gasteiger partial charge in [0.05, 0.1) is 12.2 Å². The number of hydrogen-bond donors (Lipinski definition) is 2. The molecule has 0 spiro atoms. The van der Waals surface area contributed by atoms with Gasteiger partial charge in [-0.2, -0.15) is 0 Å². The summed E-state index contributed by atoms with van der Waals surface area (Å²) in [4.78, 5) is 27.1. The predicted molar refractivity (Wildman–Crippen MR) is 104 cm³/mol. The topological polar surface area (TPSA) is 83.0 Å². The summed E-state index contributed by atoms with van der Waals surface area (Å²) in [5.74, 6) is 0.998. The molecular weight excluding hydrogens is 359 g/mol. The maximum atomic E-state index is 12.9. The smallest absolute Gasteiger partial charge is 0.238 e. The fourth-order valence-corrected chi connectivity index (χ4v) is 3.03. The molecule has 0 saturated carbocycles. The lowest BCUT2D eigenvalue weighted by Crippen LogP contribution is -2.48. The van der Waals surface area contributed by atoms with E-state index in [4.69, 9.17) is 0 Å². The van der Waals surface area contributed by atoms with E-state index in [9.17, 15) is 9.18 Å². The number of benzene rings is 1. The van der Waals surface area contributed by atoms with Gasteiger partial charge in [-0.25, -0.2) is 19.3 Å². The Hall–Kier alpha value is -3.39. The number of anilines is 3. The number of carbonyl (C=O) groups excluding carboxylic acids is 1. The summed E-state index contributed by atoms with van der Waals surface area (Å²) in [6.07, 6.45) is 3.42. The molecule has 3 aromatic rings. The summed E-state index contributed by atoms with van der Waals surface area (Å²) in [5.41, 5.74) is 1.52. The van der Waals surface area contributed by atoms with Gasteiger partial charge in [0.25, 0.3) is 0 Å². The molecule has 1 amide bonds. The van der Waals surface area contributed by atoms with Gasteiger partial charge >= 0.3 is 0 Å². The summed E-state index contributed by atoms with van der Waals surface area (Å²) in [5, 5.41) is 5.85. The largest absolute Gasteiger partial charge is 0.325 e. The van der Waals surface area contributed by atoms with Crippen LogP contribution in [0.2, 0.25) is 0 Å². The molecule has 2 aromatic heterocycles. The highest BCUT2D eigenvalue weighted by Crippen LogP contribution is 2.26. The number of carbonyl (C=O) groups is 1. The molecule has 1 saturated heterocycles. The van der Waals surface area contributed by atoms with Gasteiger partial charge in [0.2, 0.25) is 11.9 Å². The van der Waals surface area contributed by atoms with Crippen LogP contribution in [0.3, 0.4) is 0 Å². The quantitative estimate of drug-likeness (QED) is 0.686. The summed E-state index contributed by atoms with van der Waals surface area (Å²) < 4.78 is 12.9. The number of pyridine rings is 1. The van der Waals surface area contributed by atoms with E-state index in [0.29, 0.717) is 17.5 Å². The second-order valence-corrected chi connectivity index (χ2v) is 6.59. The first kappa shape index (κ1) is 18.0. The molecule has 0 aliphatic carbocycles. The van der Waals surface area contributed by atoms with Crippen molar-refractivity contribution in [1.82, 2.24) is 19.9 Å². The van der Waals surface area contributed by atoms with Gasteiger partial charge in [0, 0.05) is 37.1 Å². The summed E-state index contributed by atoms with van der Waals surface area (Å²) >= 11 is 0. The molecule has 8 heteroatoms. The SMILES string of the molecule is O=C(CN1CC(c2ccnc(Nc3ccccn3)n2)C1)Nc1ccc(F)cc1. The van der Waals surface area contributed by atoms with Crippen LogP contribution in [0.15, 0.2) is 60.9 Å². The van der Waals surface area contributed by atoms with Gasteiger partial charge in [-0.05, 0) is 42.5 Å². The fourth-order valence-electron chi connectivity index (χ4n) is 3.03. The Kier molecular flexibility index (Phi) is 5.20. The number of hydrogen-bond acceptors (Lipinski definition) is 6. The maximum Gasteiger partial charge on any atom is 0.238 e. The first-order chi connectivity index (χ1) is 13.7. The maximum absolute atomic E-state index is 12.9. The van der Waals surface area contributed by atoms with Crippen molar-refractivity contribution < 1.29 is 9.18 Å². The Labute approximate surface area is 161 Å². The van der Waals surface area contributed by atoms with Crippen molar-refractivity contribution in [2.45, 2.75) is 5.92 Å². The average molecular weight is 378 g/mol. The lowest BCUT2D eigenvalue weighted by atomic mass is 9.96. The molecule has 0 radical (unpaired) electrons. The molecule has 3 heterocycles. The molecule has 28 heavy (non-hydrogen) atoms. The number of rotatable bonds is 6. The minimum atomic E-state index is -0.328. The molecule has 1 aliphatic rings. The Morgan fingerprint density at radius 1 is 1.07 bits per heavy atom. The molecule has 1 fully saturated rings. The molecule has 0 bridgehead atoms. The van der Waals surface area contributed by atoms with Crippen LogP contribution in [-0.4, -0.2) is 45.4 Å². The van der Waals surface area contributed by atoms with Crippen LogP contribution in [0.25, 0.3) is 0 Å². The first-order valence-corrected chi connectivity index (χ1v) is 8.94. The van der Waals surface area contributed by atoms with Crippen molar-refractivity contribution in [2.75, 3.05) is 30.3 Å². The molecule has 1 aliphatic heterocycles. The second kappa shape index (κ2) is 8.10. The zero-order valence-electron chi connectivity index (χ0n) is 15.0. The zero-order chi connectivity index (χ0) is 19.3. The monoisotopic (exact) mass is 378 g/mol. The van der Waals surface area contributed by atoms with Crippen LogP contribution in [0.1, 0.15) is 11.6 Å². The van der Waals surface area contributed by atoms with Crippen LogP contribution in [0.4, 0.5) is 21.8 Å². The van der Waals surface area contributed by atoms with E-state index in [-0.39, 0.29) is 24.2 Å². The van der Waals surface area contributed by atoms with E-state index in [1.807, 2.05) is 29.2 Å². The number of likely N-dealkylation sites (tertiary alicyclic amines) is 1. The Morgan fingerprint density at radius 3 is 2.64 bits per heavy atom. The molecular formula is C20H19FN6O. The highest BCUT2D eigenvalue weighted by molar-refractivity contribution is 5.92. The minimum absolute atomic E-state index is 0.120. The van der Waals surface area contributed by atoms with E-state index in [1.165, 1.54) is 12.1 Å². The van der Waals surface area contributed by atoms with E-state index in [0.717, 1.165) is 18.8 Å². The van der Waals surface area contributed by atoms with Crippen LogP contribution < -0.4 is 10.6 Å². The number of amides is 1. The van der Waals surface area contributed by atoms with E-state index < -0.39 is 0 Å². The van der Waals surface area contributed by atoms with Crippen LogP contribution in [-0.2, 0) is 4.79 Å². The Morgan fingerprint density at radius 2 is 1.89 bits per heavy atom. The Balaban J connectivity index is 1.28. The van der Waals surface area contributed by atoms with Crippen molar-refractivity contribution in [2.24, 2.45) is 0 Å². The van der Waals surface area contributed by atoms with Crippen LogP contribution >= 0.6 is 0 Å². The number of nitrogens with zero attached hydrogens (tertiary/aromatic N) is 4. The van der Waals surface area contributed by atoms with E-state index in [1.54, 1.807) is 24.5 Å². The summed E-state index contributed by atoms with van der Waals surface area (Å²) in [6, 6.07) is 13.2. The zero-order valence-corrected chi connectivity index (χ0v) is 15.0. The minimum Gasteiger partial charge on any atom is -0.325 e. The number of nitrogens with one attached hydrogen (secondary N) is 2. The molecule has 0 unspecified atom stereocenters. The van der Waals surface area contributed by atoms with Crippen molar-refractivity contribution in [1.29, 1.82) is 0 Å². The van der Waals surface area contributed by atoms with Crippen molar-refractivity contribution in [3.8, 4) is 0 Å². The van der Waals surface area contributed by atoms with Gasteiger partial charge in [-0.15, -0.1) is 0 Å². The summed E-state index contributed by atoms with van der Waals surface area (Å²) in [6.45, 7) is 1.78. The third-order valence-electron chi connectivity index (χ3n) is 4.45. The lowest BCUT2D eigenvalue weighted by molar-refractivity contribution is -0.118. The third-order valence-corrected chi connectivity index (χ3v) is 4.45. The number of aromatic nitrogens is 3. The van der Waals surface area contributed by atoms with Gasteiger partial charge in [0.15, 0.2) is 0 Å². The van der Waals surface area contributed by atoms with Crippen LogP contribution in [0, 0.1) is 5.82 Å².